The molecule has 2 aromatic rings. The molecule has 19 heavy (non-hydrogen) atoms. The zero-order chi connectivity index (χ0) is 13.7. The average Bonchev–Trinajstić information content (AvgIpc) is 2.43. The maximum absolute atomic E-state index is 13.1. The molecular weight excluding hydrogens is 261 g/mol. The second-order valence-corrected chi connectivity index (χ2v) is 5.09. The van der Waals surface area contributed by atoms with Crippen LogP contribution in [-0.2, 0) is 6.54 Å². The summed E-state index contributed by atoms with van der Waals surface area (Å²) < 4.78 is 13.1. The van der Waals surface area contributed by atoms with Crippen molar-refractivity contribution in [1.29, 1.82) is 0 Å². The second kappa shape index (κ2) is 6.69. The van der Waals surface area contributed by atoms with Crippen molar-refractivity contribution < 1.29 is 4.39 Å². The number of hydrogen-bond acceptors (Lipinski definition) is 1. The summed E-state index contributed by atoms with van der Waals surface area (Å²) in [4.78, 5) is 0. The topological polar surface area (TPSA) is 12.0 Å². The normalized spacial score (nSPS) is 12.4. The number of halogens is 2. The maximum Gasteiger partial charge on any atom is 0.123 e. The molecule has 100 valence electrons. The van der Waals surface area contributed by atoms with Crippen LogP contribution < -0.4 is 5.32 Å². The van der Waals surface area contributed by atoms with Crippen molar-refractivity contribution in [2.45, 2.75) is 19.4 Å². The van der Waals surface area contributed by atoms with Crippen LogP contribution in [0, 0.1) is 5.82 Å². The molecule has 1 atom stereocenters. The van der Waals surface area contributed by atoms with E-state index in [1.807, 2.05) is 18.2 Å². The molecule has 1 N–H and O–H groups in total. The highest BCUT2D eigenvalue weighted by Gasteiger charge is 2.06. The van der Waals surface area contributed by atoms with Crippen LogP contribution in [0.2, 0.25) is 5.02 Å². The summed E-state index contributed by atoms with van der Waals surface area (Å²) >= 11 is 6.02. The lowest BCUT2D eigenvalue weighted by molar-refractivity contribution is 0.603. The zero-order valence-corrected chi connectivity index (χ0v) is 11.6. The summed E-state index contributed by atoms with van der Waals surface area (Å²) in [5, 5.41) is 3.92. The SMILES string of the molecule is CC(CNCc1cc(F)ccc1Cl)c1ccccc1. The van der Waals surface area contributed by atoms with Crippen LogP contribution in [0.1, 0.15) is 24.0 Å². The van der Waals surface area contributed by atoms with Crippen molar-refractivity contribution in [3.05, 3.63) is 70.5 Å². The number of nitrogens with one attached hydrogen (secondary N) is 1. The minimum absolute atomic E-state index is 0.252. The largest absolute Gasteiger partial charge is 0.312 e. The van der Waals surface area contributed by atoms with Gasteiger partial charge in [-0.15, -0.1) is 0 Å². The Bertz CT molecular complexity index is 528. The van der Waals surface area contributed by atoms with Gasteiger partial charge < -0.3 is 5.32 Å². The molecule has 0 saturated carbocycles. The molecule has 2 aromatic carbocycles. The fraction of sp³-hybridized carbons (Fsp3) is 0.250. The van der Waals surface area contributed by atoms with Gasteiger partial charge >= 0.3 is 0 Å². The lowest BCUT2D eigenvalue weighted by Gasteiger charge is -2.13. The first-order valence-corrected chi connectivity index (χ1v) is 6.74. The van der Waals surface area contributed by atoms with Crippen molar-refractivity contribution in [2.24, 2.45) is 0 Å². The Kier molecular flexibility index (Phi) is 4.94. The average molecular weight is 278 g/mol. The van der Waals surface area contributed by atoms with Crippen LogP contribution in [0.15, 0.2) is 48.5 Å². The van der Waals surface area contributed by atoms with E-state index in [9.17, 15) is 4.39 Å². The molecule has 2 rings (SSSR count). The fourth-order valence-electron chi connectivity index (χ4n) is 2.00. The van der Waals surface area contributed by atoms with Crippen molar-refractivity contribution in [1.82, 2.24) is 5.32 Å². The molecule has 0 aromatic heterocycles. The molecule has 1 unspecified atom stereocenters. The first-order chi connectivity index (χ1) is 9.16. The molecule has 0 aliphatic heterocycles. The van der Waals surface area contributed by atoms with Gasteiger partial charge in [-0.3, -0.25) is 0 Å². The molecule has 0 saturated heterocycles. The first kappa shape index (κ1) is 14.0. The third-order valence-corrected chi connectivity index (χ3v) is 3.51. The second-order valence-electron chi connectivity index (χ2n) is 4.68. The third kappa shape index (κ3) is 4.05. The Morgan fingerprint density at radius 2 is 1.89 bits per heavy atom. The number of benzene rings is 2. The molecule has 0 spiro atoms. The van der Waals surface area contributed by atoms with Gasteiger partial charge in [-0.05, 0) is 35.2 Å². The Hall–Kier alpha value is -1.38. The number of rotatable bonds is 5. The summed E-state index contributed by atoms with van der Waals surface area (Å²) in [6, 6.07) is 14.7. The molecule has 0 bridgehead atoms. The predicted molar refractivity (Wildman–Crippen MR) is 78.0 cm³/mol. The van der Waals surface area contributed by atoms with Gasteiger partial charge in [0.25, 0.3) is 0 Å². The Balaban J connectivity index is 1.88. The first-order valence-electron chi connectivity index (χ1n) is 6.36. The van der Waals surface area contributed by atoms with E-state index in [2.05, 4.69) is 24.4 Å². The molecule has 0 radical (unpaired) electrons. The maximum atomic E-state index is 13.1. The van der Waals surface area contributed by atoms with E-state index in [-0.39, 0.29) is 5.82 Å². The van der Waals surface area contributed by atoms with Gasteiger partial charge in [-0.1, -0.05) is 48.9 Å². The highest BCUT2D eigenvalue weighted by atomic mass is 35.5. The minimum atomic E-state index is -0.252. The number of hydrogen-bond donors (Lipinski definition) is 1. The lowest BCUT2D eigenvalue weighted by atomic mass is 10.0. The van der Waals surface area contributed by atoms with Gasteiger partial charge in [0.05, 0.1) is 0 Å². The van der Waals surface area contributed by atoms with Crippen LogP contribution >= 0.6 is 11.6 Å². The molecule has 3 heteroatoms. The van der Waals surface area contributed by atoms with E-state index < -0.39 is 0 Å². The van der Waals surface area contributed by atoms with E-state index in [0.29, 0.717) is 17.5 Å². The van der Waals surface area contributed by atoms with E-state index in [1.165, 1.54) is 17.7 Å². The lowest BCUT2D eigenvalue weighted by Crippen LogP contribution is -2.19. The molecule has 0 heterocycles. The van der Waals surface area contributed by atoms with Gasteiger partial charge in [-0.25, -0.2) is 4.39 Å². The van der Waals surface area contributed by atoms with E-state index in [1.54, 1.807) is 6.07 Å². The van der Waals surface area contributed by atoms with Crippen LogP contribution in [-0.4, -0.2) is 6.54 Å². The quantitative estimate of drug-likeness (QED) is 0.856. The fourth-order valence-corrected chi connectivity index (χ4v) is 2.19. The Morgan fingerprint density at radius 1 is 1.16 bits per heavy atom. The highest BCUT2D eigenvalue weighted by Crippen LogP contribution is 2.17. The van der Waals surface area contributed by atoms with Gasteiger partial charge in [0.2, 0.25) is 0 Å². The summed E-state index contributed by atoms with van der Waals surface area (Å²) in [7, 11) is 0. The monoisotopic (exact) mass is 277 g/mol. The summed E-state index contributed by atoms with van der Waals surface area (Å²) in [6.45, 7) is 3.57. The van der Waals surface area contributed by atoms with Crippen molar-refractivity contribution in [3.8, 4) is 0 Å². The van der Waals surface area contributed by atoms with E-state index in [4.69, 9.17) is 11.6 Å². The van der Waals surface area contributed by atoms with Gasteiger partial charge in [0.1, 0.15) is 5.82 Å². The van der Waals surface area contributed by atoms with Crippen LogP contribution in [0.3, 0.4) is 0 Å². The molecule has 0 fully saturated rings. The van der Waals surface area contributed by atoms with Crippen molar-refractivity contribution in [3.63, 3.8) is 0 Å². The molecule has 0 amide bonds. The van der Waals surface area contributed by atoms with Crippen LogP contribution in [0.5, 0.6) is 0 Å². The van der Waals surface area contributed by atoms with Crippen LogP contribution in [0.25, 0.3) is 0 Å². The summed E-state index contributed by atoms with van der Waals surface area (Å²) in [6.07, 6.45) is 0. The zero-order valence-electron chi connectivity index (χ0n) is 10.9. The van der Waals surface area contributed by atoms with Gasteiger partial charge in [0.15, 0.2) is 0 Å². The van der Waals surface area contributed by atoms with Crippen molar-refractivity contribution >= 4 is 11.6 Å². The Morgan fingerprint density at radius 3 is 2.63 bits per heavy atom. The molecule has 0 aliphatic rings. The Labute approximate surface area is 118 Å². The van der Waals surface area contributed by atoms with Crippen molar-refractivity contribution in [2.75, 3.05) is 6.54 Å². The summed E-state index contributed by atoms with van der Waals surface area (Å²) in [5.74, 6) is 0.158. The van der Waals surface area contributed by atoms with Crippen LogP contribution in [0.4, 0.5) is 4.39 Å². The molecule has 0 aliphatic carbocycles. The van der Waals surface area contributed by atoms with Gasteiger partial charge in [0, 0.05) is 18.1 Å². The van der Waals surface area contributed by atoms with E-state index in [0.717, 1.165) is 12.1 Å². The molecular formula is C16H17ClFN. The predicted octanol–water partition coefficient (Wildman–Crippen LogP) is 4.37. The third-order valence-electron chi connectivity index (χ3n) is 3.14. The minimum Gasteiger partial charge on any atom is -0.312 e. The van der Waals surface area contributed by atoms with Gasteiger partial charge in [-0.2, -0.15) is 0 Å². The standard InChI is InChI=1S/C16H17ClFN/c1-12(13-5-3-2-4-6-13)10-19-11-14-9-15(18)7-8-16(14)17/h2-9,12,19H,10-11H2,1H3. The van der Waals surface area contributed by atoms with E-state index >= 15 is 0 Å². The smallest absolute Gasteiger partial charge is 0.123 e. The highest BCUT2D eigenvalue weighted by molar-refractivity contribution is 6.31. The molecule has 1 nitrogen and oxygen atoms in total. The summed E-state index contributed by atoms with van der Waals surface area (Å²) in [5.41, 5.74) is 2.09.